The SMILES string of the molecule is COC(=O)CCCc1ccc(N=Nc2ccc(CCCC(=O)O)cc2)cc1. The highest BCUT2D eigenvalue weighted by molar-refractivity contribution is 5.69. The fraction of sp³-hybridized carbons (Fsp3) is 0.333. The Morgan fingerprint density at radius 1 is 0.815 bits per heavy atom. The van der Waals surface area contributed by atoms with Crippen molar-refractivity contribution in [2.75, 3.05) is 7.11 Å². The Balaban J connectivity index is 1.82. The number of carboxylic acids is 1. The van der Waals surface area contributed by atoms with Gasteiger partial charge in [0, 0.05) is 12.8 Å². The fourth-order valence-electron chi connectivity index (χ4n) is 2.56. The maximum atomic E-state index is 11.1. The molecule has 0 radical (unpaired) electrons. The van der Waals surface area contributed by atoms with Crippen LogP contribution in [0.25, 0.3) is 0 Å². The number of esters is 1. The molecular weight excluding hydrogens is 344 g/mol. The predicted octanol–water partition coefficient (Wildman–Crippen LogP) is 5.01. The molecule has 0 aliphatic heterocycles. The smallest absolute Gasteiger partial charge is 0.305 e. The molecule has 0 amide bonds. The van der Waals surface area contributed by atoms with Gasteiger partial charge in [-0.15, -0.1) is 0 Å². The van der Waals surface area contributed by atoms with E-state index in [2.05, 4.69) is 15.0 Å². The van der Waals surface area contributed by atoms with Crippen LogP contribution in [0.3, 0.4) is 0 Å². The molecule has 0 aromatic heterocycles. The number of aryl methyl sites for hydroxylation is 2. The first kappa shape index (κ1) is 20.3. The van der Waals surface area contributed by atoms with Gasteiger partial charge < -0.3 is 9.84 Å². The zero-order chi connectivity index (χ0) is 19.5. The minimum Gasteiger partial charge on any atom is -0.481 e. The largest absolute Gasteiger partial charge is 0.481 e. The second-order valence-corrected chi connectivity index (χ2v) is 6.21. The average molecular weight is 368 g/mol. The first-order valence-corrected chi connectivity index (χ1v) is 8.95. The first-order valence-electron chi connectivity index (χ1n) is 8.95. The summed E-state index contributed by atoms with van der Waals surface area (Å²) in [7, 11) is 1.40. The summed E-state index contributed by atoms with van der Waals surface area (Å²) in [6.45, 7) is 0. The van der Waals surface area contributed by atoms with Crippen molar-refractivity contribution in [2.45, 2.75) is 38.5 Å². The number of nitrogens with zero attached hydrogens (tertiary/aromatic N) is 2. The highest BCUT2D eigenvalue weighted by Gasteiger charge is 2.01. The van der Waals surface area contributed by atoms with Crippen LogP contribution < -0.4 is 0 Å². The van der Waals surface area contributed by atoms with E-state index in [1.54, 1.807) is 0 Å². The second kappa shape index (κ2) is 10.9. The topological polar surface area (TPSA) is 88.3 Å². The van der Waals surface area contributed by atoms with Gasteiger partial charge in [-0.05, 0) is 61.1 Å². The lowest BCUT2D eigenvalue weighted by atomic mass is 10.1. The van der Waals surface area contributed by atoms with Crippen molar-refractivity contribution in [1.29, 1.82) is 0 Å². The molecule has 6 nitrogen and oxygen atoms in total. The molecule has 0 aliphatic rings. The third-order valence-electron chi connectivity index (χ3n) is 4.08. The van der Waals surface area contributed by atoms with Crippen molar-refractivity contribution < 1.29 is 19.4 Å². The number of carbonyl (C=O) groups is 2. The van der Waals surface area contributed by atoms with Crippen LogP contribution in [0.5, 0.6) is 0 Å². The van der Waals surface area contributed by atoms with Crippen molar-refractivity contribution in [1.82, 2.24) is 0 Å². The normalized spacial score (nSPS) is 10.9. The zero-order valence-electron chi connectivity index (χ0n) is 15.4. The van der Waals surface area contributed by atoms with Gasteiger partial charge in [-0.3, -0.25) is 9.59 Å². The zero-order valence-corrected chi connectivity index (χ0v) is 15.4. The maximum absolute atomic E-state index is 11.1. The highest BCUT2D eigenvalue weighted by Crippen LogP contribution is 2.20. The van der Waals surface area contributed by atoms with Crippen molar-refractivity contribution in [3.8, 4) is 0 Å². The van der Waals surface area contributed by atoms with E-state index in [-0.39, 0.29) is 12.4 Å². The summed E-state index contributed by atoms with van der Waals surface area (Å²) in [6, 6.07) is 15.4. The predicted molar refractivity (Wildman–Crippen MR) is 103 cm³/mol. The lowest BCUT2D eigenvalue weighted by molar-refractivity contribution is -0.140. The molecule has 0 atom stereocenters. The molecule has 142 valence electrons. The molecule has 0 saturated heterocycles. The number of carboxylic acid groups (broad SMARTS) is 1. The first-order chi connectivity index (χ1) is 13.1. The highest BCUT2D eigenvalue weighted by atomic mass is 16.5. The third-order valence-corrected chi connectivity index (χ3v) is 4.08. The van der Waals surface area contributed by atoms with E-state index in [9.17, 15) is 9.59 Å². The van der Waals surface area contributed by atoms with E-state index in [0.29, 0.717) is 12.8 Å². The lowest BCUT2D eigenvalue weighted by Gasteiger charge is -2.02. The fourth-order valence-corrected chi connectivity index (χ4v) is 2.56. The molecular formula is C21H24N2O4. The van der Waals surface area contributed by atoms with Crippen LogP contribution in [-0.2, 0) is 27.2 Å². The summed E-state index contributed by atoms with van der Waals surface area (Å²) in [5.74, 6) is -0.955. The molecule has 0 aliphatic carbocycles. The Kier molecular flexibility index (Phi) is 8.16. The van der Waals surface area contributed by atoms with Crippen molar-refractivity contribution >= 4 is 23.3 Å². The van der Waals surface area contributed by atoms with E-state index >= 15 is 0 Å². The Hall–Kier alpha value is -3.02. The van der Waals surface area contributed by atoms with Crippen LogP contribution in [0, 0.1) is 0 Å². The Morgan fingerprint density at radius 2 is 1.26 bits per heavy atom. The van der Waals surface area contributed by atoms with Crippen LogP contribution in [0.4, 0.5) is 11.4 Å². The molecule has 2 aromatic carbocycles. The summed E-state index contributed by atoms with van der Waals surface area (Å²) in [5.41, 5.74) is 3.74. The standard InChI is InChI=1S/C21H24N2O4/c1-27-21(26)7-3-5-17-10-14-19(15-11-17)23-22-18-12-8-16(9-13-18)4-2-6-20(24)25/h8-15H,2-7H2,1H3,(H,24,25). The van der Waals surface area contributed by atoms with Crippen LogP contribution >= 0.6 is 0 Å². The molecule has 0 unspecified atom stereocenters. The van der Waals surface area contributed by atoms with Gasteiger partial charge in [-0.25, -0.2) is 0 Å². The summed E-state index contributed by atoms with van der Waals surface area (Å²) >= 11 is 0. The van der Waals surface area contributed by atoms with Crippen LogP contribution in [0.1, 0.15) is 36.8 Å². The minimum atomic E-state index is -0.769. The van der Waals surface area contributed by atoms with Gasteiger partial charge in [0.25, 0.3) is 0 Å². The number of rotatable bonds is 10. The van der Waals surface area contributed by atoms with Gasteiger partial charge in [-0.1, -0.05) is 24.3 Å². The minimum absolute atomic E-state index is 0.181. The molecule has 0 saturated carbocycles. The number of ether oxygens (including phenoxy) is 1. The quantitative estimate of drug-likeness (QED) is 0.472. The van der Waals surface area contributed by atoms with Gasteiger partial charge in [-0.2, -0.15) is 10.2 Å². The number of hydrogen-bond donors (Lipinski definition) is 1. The molecule has 0 bridgehead atoms. The number of benzene rings is 2. The van der Waals surface area contributed by atoms with Gasteiger partial charge in [0.15, 0.2) is 0 Å². The Labute approximate surface area is 158 Å². The Bertz CT molecular complexity index is 768. The second-order valence-electron chi connectivity index (χ2n) is 6.21. The monoisotopic (exact) mass is 368 g/mol. The number of methoxy groups -OCH3 is 1. The van der Waals surface area contributed by atoms with Gasteiger partial charge in [0.1, 0.15) is 0 Å². The van der Waals surface area contributed by atoms with Crippen molar-refractivity contribution in [2.24, 2.45) is 10.2 Å². The average Bonchev–Trinajstić information content (AvgIpc) is 2.68. The van der Waals surface area contributed by atoms with Gasteiger partial charge in [0.2, 0.25) is 0 Å². The summed E-state index contributed by atoms with van der Waals surface area (Å²) in [6.07, 6.45) is 3.54. The van der Waals surface area contributed by atoms with E-state index in [1.807, 2.05) is 48.5 Å². The molecule has 0 spiro atoms. The lowest BCUT2D eigenvalue weighted by Crippen LogP contribution is -2.00. The number of azo groups is 1. The molecule has 2 aromatic rings. The molecule has 6 heteroatoms. The number of hydrogen-bond acceptors (Lipinski definition) is 5. The molecule has 27 heavy (non-hydrogen) atoms. The summed E-state index contributed by atoms with van der Waals surface area (Å²) < 4.78 is 4.63. The van der Waals surface area contributed by atoms with Crippen LogP contribution in [0.15, 0.2) is 58.8 Å². The third kappa shape index (κ3) is 7.81. The van der Waals surface area contributed by atoms with Crippen molar-refractivity contribution in [3.05, 3.63) is 59.7 Å². The number of carbonyl (C=O) groups excluding carboxylic acids is 1. The van der Waals surface area contributed by atoms with Crippen molar-refractivity contribution in [3.63, 3.8) is 0 Å². The molecule has 2 rings (SSSR count). The molecule has 1 N–H and O–H groups in total. The van der Waals surface area contributed by atoms with Crippen LogP contribution in [-0.4, -0.2) is 24.2 Å². The summed E-state index contributed by atoms with van der Waals surface area (Å²) in [4.78, 5) is 21.6. The van der Waals surface area contributed by atoms with E-state index in [0.717, 1.165) is 41.8 Å². The summed E-state index contributed by atoms with van der Waals surface area (Å²) in [5, 5.41) is 17.1. The molecule has 0 fully saturated rings. The van der Waals surface area contributed by atoms with E-state index < -0.39 is 5.97 Å². The van der Waals surface area contributed by atoms with Gasteiger partial charge >= 0.3 is 11.9 Å². The van der Waals surface area contributed by atoms with E-state index in [4.69, 9.17) is 5.11 Å². The van der Waals surface area contributed by atoms with Crippen LogP contribution in [0.2, 0.25) is 0 Å². The Morgan fingerprint density at radius 3 is 1.67 bits per heavy atom. The molecule has 0 heterocycles. The van der Waals surface area contributed by atoms with E-state index in [1.165, 1.54) is 7.11 Å². The maximum Gasteiger partial charge on any atom is 0.305 e. The van der Waals surface area contributed by atoms with Gasteiger partial charge in [0.05, 0.1) is 18.5 Å². The number of aliphatic carboxylic acids is 1.